The van der Waals surface area contributed by atoms with E-state index in [0.717, 1.165) is 0 Å². The summed E-state index contributed by atoms with van der Waals surface area (Å²) in [6.45, 7) is 2.75. The molecule has 0 fully saturated rings. The lowest BCUT2D eigenvalue weighted by Gasteiger charge is -2.11. The first-order valence-corrected chi connectivity index (χ1v) is 7.00. The first-order valence-electron chi connectivity index (χ1n) is 7.00. The quantitative estimate of drug-likeness (QED) is 0.402. The summed E-state index contributed by atoms with van der Waals surface area (Å²) in [5.74, 6) is -0.210. The van der Waals surface area contributed by atoms with Crippen molar-refractivity contribution in [3.63, 3.8) is 0 Å². The Labute approximate surface area is 123 Å². The van der Waals surface area contributed by atoms with Gasteiger partial charge in [0.25, 0.3) is 0 Å². The van der Waals surface area contributed by atoms with E-state index in [9.17, 15) is 29.8 Å². The Morgan fingerprint density at radius 2 is 1.14 bits per heavy atom. The van der Waals surface area contributed by atoms with Crippen molar-refractivity contribution in [3.8, 4) is 0 Å². The van der Waals surface area contributed by atoms with Gasteiger partial charge in [0.1, 0.15) is 11.6 Å². The first kappa shape index (κ1) is 19.1. The van der Waals surface area contributed by atoms with Gasteiger partial charge in [-0.3, -0.25) is 20.2 Å². The van der Waals surface area contributed by atoms with Gasteiger partial charge in [0.15, 0.2) is 0 Å². The van der Waals surface area contributed by atoms with Crippen molar-refractivity contribution in [1.29, 1.82) is 0 Å². The molecule has 2 unspecified atom stereocenters. The summed E-state index contributed by atoms with van der Waals surface area (Å²) in [6.07, 6.45) is 1.39. The molecule has 0 heterocycles. The maximum Gasteiger partial charge on any atom is 0.213 e. The Kier molecular flexibility index (Phi) is 9.07. The van der Waals surface area contributed by atoms with Gasteiger partial charge in [0, 0.05) is 48.4 Å². The highest BCUT2D eigenvalue weighted by Gasteiger charge is 2.24. The van der Waals surface area contributed by atoms with Crippen LogP contribution in [0.3, 0.4) is 0 Å². The summed E-state index contributed by atoms with van der Waals surface area (Å²) >= 11 is 0. The third-order valence-corrected chi connectivity index (χ3v) is 3.33. The summed E-state index contributed by atoms with van der Waals surface area (Å²) in [7, 11) is 0. The second kappa shape index (κ2) is 9.95. The summed E-state index contributed by atoms with van der Waals surface area (Å²) in [5, 5.41) is 21.7. The predicted octanol–water partition coefficient (Wildman–Crippen LogP) is 2.19. The Morgan fingerprint density at radius 3 is 1.38 bits per heavy atom. The zero-order valence-corrected chi connectivity index (χ0v) is 12.4. The molecule has 0 aromatic heterocycles. The largest absolute Gasteiger partial charge is 0.300 e. The van der Waals surface area contributed by atoms with Crippen LogP contribution in [0.4, 0.5) is 0 Å². The molecule has 0 saturated heterocycles. The molecular weight excluding hydrogens is 280 g/mol. The Bertz CT molecular complexity index is 360. The molecule has 0 aromatic carbocycles. The van der Waals surface area contributed by atoms with Crippen molar-refractivity contribution >= 4 is 11.6 Å². The number of rotatable bonds is 12. The van der Waals surface area contributed by atoms with Gasteiger partial charge in [0.2, 0.25) is 12.1 Å². The number of carbonyl (C=O) groups excluding carboxylic acids is 2. The Hall–Kier alpha value is -1.86. The second-order valence-electron chi connectivity index (χ2n) is 5.29. The normalized spacial score (nSPS) is 13.4. The van der Waals surface area contributed by atoms with Crippen LogP contribution in [-0.2, 0) is 9.59 Å². The van der Waals surface area contributed by atoms with Crippen LogP contribution in [-0.4, -0.2) is 33.5 Å². The zero-order valence-electron chi connectivity index (χ0n) is 12.4. The number of carbonyl (C=O) groups is 2. The van der Waals surface area contributed by atoms with Crippen LogP contribution in [0.15, 0.2) is 0 Å². The van der Waals surface area contributed by atoms with Crippen LogP contribution in [0.5, 0.6) is 0 Å². The predicted molar refractivity (Wildman–Crippen MR) is 75.2 cm³/mol. The van der Waals surface area contributed by atoms with Crippen molar-refractivity contribution in [2.75, 3.05) is 0 Å². The molecule has 8 nitrogen and oxygen atoms in total. The third-order valence-electron chi connectivity index (χ3n) is 3.33. The van der Waals surface area contributed by atoms with E-state index in [2.05, 4.69) is 0 Å². The summed E-state index contributed by atoms with van der Waals surface area (Å²) in [4.78, 5) is 42.5. The summed E-state index contributed by atoms with van der Waals surface area (Å²) in [5.41, 5.74) is 0. The summed E-state index contributed by atoms with van der Waals surface area (Å²) in [6, 6.07) is -1.68. The van der Waals surface area contributed by atoms with Gasteiger partial charge in [-0.05, 0) is 20.3 Å². The first-order chi connectivity index (χ1) is 9.73. The molecule has 0 saturated carbocycles. The molecule has 0 rings (SSSR count). The fourth-order valence-corrected chi connectivity index (χ4v) is 2.04. The van der Waals surface area contributed by atoms with Crippen molar-refractivity contribution in [1.82, 2.24) is 0 Å². The average molecular weight is 302 g/mol. The highest BCUT2D eigenvalue weighted by molar-refractivity contribution is 5.75. The molecule has 2 atom stereocenters. The topological polar surface area (TPSA) is 120 Å². The minimum atomic E-state index is -0.839. The molecule has 0 aromatic rings. The Morgan fingerprint density at radius 1 is 0.810 bits per heavy atom. The highest BCUT2D eigenvalue weighted by atomic mass is 16.6. The number of nitro groups is 2. The molecule has 0 radical (unpaired) electrons. The molecule has 0 spiro atoms. The lowest BCUT2D eigenvalue weighted by Crippen LogP contribution is -2.23. The van der Waals surface area contributed by atoms with Crippen LogP contribution >= 0.6 is 0 Å². The molecule has 0 aliphatic rings. The molecule has 0 N–H and O–H groups in total. The van der Waals surface area contributed by atoms with E-state index >= 15 is 0 Å². The van der Waals surface area contributed by atoms with E-state index in [0.29, 0.717) is 6.42 Å². The van der Waals surface area contributed by atoms with E-state index in [1.165, 1.54) is 13.8 Å². The average Bonchev–Trinajstić information content (AvgIpc) is 2.35. The second-order valence-corrected chi connectivity index (χ2v) is 5.29. The highest BCUT2D eigenvalue weighted by Crippen LogP contribution is 2.15. The molecule has 21 heavy (non-hydrogen) atoms. The van der Waals surface area contributed by atoms with Crippen molar-refractivity contribution in [3.05, 3.63) is 20.2 Å². The number of Topliss-reactive ketones (excluding diaryl/α,β-unsaturated/α-hetero) is 2. The van der Waals surface area contributed by atoms with E-state index in [-0.39, 0.29) is 50.1 Å². The number of hydrogen-bond donors (Lipinski definition) is 0. The molecule has 0 aliphatic heterocycles. The lowest BCUT2D eigenvalue weighted by molar-refractivity contribution is -0.529. The number of nitrogens with zero attached hydrogens (tertiary/aromatic N) is 2. The van der Waals surface area contributed by atoms with Gasteiger partial charge in [-0.15, -0.1) is 0 Å². The lowest BCUT2D eigenvalue weighted by atomic mass is 9.99. The molecule has 120 valence electrons. The standard InChI is InChI=1S/C13H22N2O6/c1-10(16)6-8-12(14(18)19)4-3-5-13(15(20)21)9-7-11(2)17/h12-13H,3-9H2,1-2H3. The van der Waals surface area contributed by atoms with Gasteiger partial charge in [0.05, 0.1) is 0 Å². The zero-order chi connectivity index (χ0) is 16.4. The van der Waals surface area contributed by atoms with E-state index in [1.807, 2.05) is 0 Å². The minimum absolute atomic E-state index is 0.105. The smallest absolute Gasteiger partial charge is 0.213 e. The number of ketones is 2. The van der Waals surface area contributed by atoms with Gasteiger partial charge in [-0.25, -0.2) is 0 Å². The maximum absolute atomic E-state index is 10.9. The van der Waals surface area contributed by atoms with Crippen LogP contribution in [0, 0.1) is 20.2 Å². The number of hydrogen-bond acceptors (Lipinski definition) is 6. The minimum Gasteiger partial charge on any atom is -0.300 e. The fourth-order valence-electron chi connectivity index (χ4n) is 2.04. The molecule has 0 aliphatic carbocycles. The van der Waals surface area contributed by atoms with E-state index in [1.54, 1.807) is 0 Å². The summed E-state index contributed by atoms with van der Waals surface area (Å²) < 4.78 is 0. The van der Waals surface area contributed by atoms with Gasteiger partial charge < -0.3 is 9.59 Å². The Balaban J connectivity index is 4.24. The monoisotopic (exact) mass is 302 g/mol. The van der Waals surface area contributed by atoms with Gasteiger partial charge >= 0.3 is 0 Å². The van der Waals surface area contributed by atoms with Gasteiger partial charge in [-0.2, -0.15) is 0 Å². The molecular formula is C13H22N2O6. The fraction of sp³-hybridized carbons (Fsp3) is 0.846. The SMILES string of the molecule is CC(=O)CCC(CCCC(CCC(C)=O)[N+](=O)[O-])[N+](=O)[O-]. The van der Waals surface area contributed by atoms with Crippen LogP contribution in [0.25, 0.3) is 0 Å². The molecule has 0 bridgehead atoms. The molecule has 0 amide bonds. The van der Waals surface area contributed by atoms with Crippen LogP contribution in [0.1, 0.15) is 58.8 Å². The van der Waals surface area contributed by atoms with Crippen molar-refractivity contribution in [2.24, 2.45) is 0 Å². The van der Waals surface area contributed by atoms with E-state index in [4.69, 9.17) is 0 Å². The van der Waals surface area contributed by atoms with Crippen LogP contribution in [0.2, 0.25) is 0 Å². The van der Waals surface area contributed by atoms with Gasteiger partial charge in [-0.1, -0.05) is 0 Å². The van der Waals surface area contributed by atoms with E-state index < -0.39 is 21.9 Å². The van der Waals surface area contributed by atoms with Crippen molar-refractivity contribution in [2.45, 2.75) is 70.9 Å². The third kappa shape index (κ3) is 9.64. The molecule has 8 heteroatoms. The van der Waals surface area contributed by atoms with Crippen LogP contribution < -0.4 is 0 Å². The van der Waals surface area contributed by atoms with Crippen molar-refractivity contribution < 1.29 is 19.4 Å². The maximum atomic E-state index is 10.9.